The van der Waals surface area contributed by atoms with Crippen LogP contribution in [-0.2, 0) is 6.18 Å². The highest BCUT2D eigenvalue weighted by Gasteiger charge is 2.32. The number of alkyl halides is 3. The summed E-state index contributed by atoms with van der Waals surface area (Å²) < 4.78 is 37.8. The Morgan fingerprint density at radius 2 is 1.86 bits per heavy atom. The van der Waals surface area contributed by atoms with Crippen LogP contribution >= 0.6 is 37.2 Å². The fourth-order valence-corrected chi connectivity index (χ4v) is 2.10. The molecule has 0 saturated carbocycles. The summed E-state index contributed by atoms with van der Waals surface area (Å²) in [5, 5.41) is 0. The van der Waals surface area contributed by atoms with Gasteiger partial charge >= 0.3 is 6.18 Å². The van der Waals surface area contributed by atoms with Crippen molar-refractivity contribution in [2.75, 3.05) is 26.2 Å². The topological polar surface area (TPSA) is 42.1 Å². The first-order chi connectivity index (χ1) is 9.00. The Labute approximate surface area is 146 Å². The van der Waals surface area contributed by atoms with E-state index in [0.29, 0.717) is 25.2 Å². The molecular formula is C13H19Cl3F3N3. The van der Waals surface area contributed by atoms with Gasteiger partial charge in [0.2, 0.25) is 0 Å². The van der Waals surface area contributed by atoms with Crippen LogP contribution in [0.25, 0.3) is 5.57 Å². The molecule has 0 bridgehead atoms. The number of rotatable bonds is 3. The van der Waals surface area contributed by atoms with Gasteiger partial charge in [-0.3, -0.25) is 4.90 Å². The van der Waals surface area contributed by atoms with E-state index >= 15 is 0 Å². The number of aromatic nitrogens is 1. The van der Waals surface area contributed by atoms with Crippen LogP contribution in [0, 0.1) is 0 Å². The van der Waals surface area contributed by atoms with Gasteiger partial charge in [0.25, 0.3) is 0 Å². The van der Waals surface area contributed by atoms with Crippen molar-refractivity contribution in [2.24, 2.45) is 5.73 Å². The van der Waals surface area contributed by atoms with Crippen molar-refractivity contribution in [3.63, 3.8) is 0 Å². The van der Waals surface area contributed by atoms with E-state index in [2.05, 4.69) is 9.88 Å². The van der Waals surface area contributed by atoms with E-state index in [1.165, 1.54) is 6.07 Å². The normalized spacial score (nSPS) is 15.0. The first kappa shape index (κ1) is 23.7. The lowest BCUT2D eigenvalue weighted by molar-refractivity contribution is -0.141. The van der Waals surface area contributed by atoms with Crippen LogP contribution in [-0.4, -0.2) is 36.1 Å². The molecule has 0 aliphatic carbocycles. The minimum Gasteiger partial charge on any atom is -0.329 e. The molecule has 9 heteroatoms. The van der Waals surface area contributed by atoms with Crippen molar-refractivity contribution in [3.8, 4) is 0 Å². The Morgan fingerprint density at radius 3 is 2.36 bits per heavy atom. The lowest BCUT2D eigenvalue weighted by Crippen LogP contribution is -2.33. The summed E-state index contributed by atoms with van der Waals surface area (Å²) >= 11 is 0. The number of pyridine rings is 1. The van der Waals surface area contributed by atoms with Gasteiger partial charge in [-0.25, -0.2) is 4.98 Å². The molecule has 22 heavy (non-hydrogen) atoms. The van der Waals surface area contributed by atoms with E-state index in [1.54, 1.807) is 6.07 Å². The lowest BCUT2D eigenvalue weighted by Gasteiger charge is -2.25. The second-order valence-corrected chi connectivity index (χ2v) is 4.47. The zero-order chi connectivity index (χ0) is 13.9. The third kappa shape index (κ3) is 6.30. The first-order valence-corrected chi connectivity index (χ1v) is 6.17. The summed E-state index contributed by atoms with van der Waals surface area (Å²) in [6.07, 6.45) is -1.76. The van der Waals surface area contributed by atoms with E-state index in [9.17, 15) is 13.2 Å². The van der Waals surface area contributed by atoms with E-state index < -0.39 is 11.9 Å². The van der Waals surface area contributed by atoms with Crippen LogP contribution < -0.4 is 5.73 Å². The van der Waals surface area contributed by atoms with Crippen LogP contribution in [0.2, 0.25) is 0 Å². The van der Waals surface area contributed by atoms with Crippen molar-refractivity contribution in [2.45, 2.75) is 12.6 Å². The van der Waals surface area contributed by atoms with Crippen LogP contribution in [0.4, 0.5) is 13.2 Å². The highest BCUT2D eigenvalue weighted by atomic mass is 35.5. The smallest absolute Gasteiger partial charge is 0.329 e. The number of nitrogens with two attached hydrogens (primary N) is 1. The average molecular weight is 381 g/mol. The molecule has 2 heterocycles. The van der Waals surface area contributed by atoms with E-state index in [4.69, 9.17) is 5.73 Å². The summed E-state index contributed by atoms with van der Waals surface area (Å²) in [4.78, 5) is 5.87. The predicted molar refractivity (Wildman–Crippen MR) is 89.1 cm³/mol. The Bertz CT molecular complexity index is 481. The highest BCUT2D eigenvalue weighted by molar-refractivity contribution is 5.86. The molecule has 1 aliphatic heterocycles. The van der Waals surface area contributed by atoms with Gasteiger partial charge in [-0.05, 0) is 24.1 Å². The molecule has 0 saturated heterocycles. The summed E-state index contributed by atoms with van der Waals surface area (Å²) in [6, 6.07) is 4.02. The van der Waals surface area contributed by atoms with Gasteiger partial charge in [0.1, 0.15) is 5.69 Å². The highest BCUT2D eigenvalue weighted by Crippen LogP contribution is 2.29. The van der Waals surface area contributed by atoms with Gasteiger partial charge in [0, 0.05) is 26.2 Å². The number of nitrogens with zero attached hydrogens (tertiary/aromatic N) is 2. The maximum absolute atomic E-state index is 12.6. The molecule has 2 rings (SSSR count). The summed E-state index contributed by atoms with van der Waals surface area (Å²) in [5.74, 6) is 0. The Hall–Kier alpha value is -0.530. The molecule has 1 aromatic rings. The third-order valence-electron chi connectivity index (χ3n) is 3.11. The van der Waals surface area contributed by atoms with Crippen molar-refractivity contribution in [3.05, 3.63) is 35.7 Å². The molecule has 3 nitrogen and oxygen atoms in total. The molecule has 0 atom stereocenters. The summed E-state index contributed by atoms with van der Waals surface area (Å²) in [5.41, 5.74) is 5.93. The molecule has 128 valence electrons. The third-order valence-corrected chi connectivity index (χ3v) is 3.11. The Morgan fingerprint density at radius 1 is 1.18 bits per heavy atom. The maximum Gasteiger partial charge on any atom is 0.433 e. The second kappa shape index (κ2) is 10.3. The number of hydrogen-bond acceptors (Lipinski definition) is 3. The molecule has 0 unspecified atom stereocenters. The molecule has 0 fully saturated rings. The zero-order valence-corrected chi connectivity index (χ0v) is 14.1. The lowest BCUT2D eigenvalue weighted by atomic mass is 10.0. The standard InChI is InChI=1S/C13H16F3N3.3ClH/c14-13(15,16)12-3-1-2-11(18-12)10-4-7-19(8-5-10)9-6-17;;;/h1-4H,5-9,17H2;3*1H. The molecule has 2 N–H and O–H groups in total. The van der Waals surface area contributed by atoms with Crippen LogP contribution in [0.3, 0.4) is 0 Å². The number of halogens is 6. The second-order valence-electron chi connectivity index (χ2n) is 4.47. The molecule has 0 amide bonds. The van der Waals surface area contributed by atoms with Gasteiger partial charge in [-0.15, -0.1) is 37.2 Å². The molecule has 0 spiro atoms. The van der Waals surface area contributed by atoms with Crippen molar-refractivity contribution in [1.29, 1.82) is 0 Å². The van der Waals surface area contributed by atoms with Gasteiger partial charge in [-0.2, -0.15) is 13.2 Å². The van der Waals surface area contributed by atoms with Gasteiger partial charge in [-0.1, -0.05) is 12.1 Å². The monoisotopic (exact) mass is 379 g/mol. The Balaban J connectivity index is 0. The fraction of sp³-hybridized carbons (Fsp3) is 0.462. The SMILES string of the molecule is Cl.Cl.Cl.NCCN1CC=C(c2cccc(C(F)(F)F)n2)CC1. The largest absolute Gasteiger partial charge is 0.433 e. The molecule has 1 aromatic heterocycles. The van der Waals surface area contributed by atoms with Gasteiger partial charge < -0.3 is 5.73 Å². The van der Waals surface area contributed by atoms with Crippen LogP contribution in [0.1, 0.15) is 17.8 Å². The van der Waals surface area contributed by atoms with Gasteiger partial charge in [0.05, 0.1) is 5.69 Å². The molecule has 1 aliphatic rings. The fourth-order valence-electron chi connectivity index (χ4n) is 2.10. The molecule has 0 aromatic carbocycles. The van der Waals surface area contributed by atoms with E-state index in [0.717, 1.165) is 24.7 Å². The zero-order valence-electron chi connectivity index (χ0n) is 11.7. The quantitative estimate of drug-likeness (QED) is 0.874. The summed E-state index contributed by atoms with van der Waals surface area (Å²) in [6.45, 7) is 2.91. The van der Waals surface area contributed by atoms with Gasteiger partial charge in [0.15, 0.2) is 0 Å². The Kier molecular flexibility index (Phi) is 11.1. The predicted octanol–water partition coefficient (Wildman–Crippen LogP) is 3.41. The average Bonchev–Trinajstić information content (AvgIpc) is 2.39. The van der Waals surface area contributed by atoms with Crippen molar-refractivity contribution in [1.82, 2.24) is 9.88 Å². The minimum absolute atomic E-state index is 0. The first-order valence-electron chi connectivity index (χ1n) is 6.17. The molecular weight excluding hydrogens is 362 g/mol. The van der Waals surface area contributed by atoms with Crippen molar-refractivity contribution >= 4 is 42.8 Å². The molecule has 0 radical (unpaired) electrons. The van der Waals surface area contributed by atoms with Crippen molar-refractivity contribution < 1.29 is 13.2 Å². The summed E-state index contributed by atoms with van der Waals surface area (Å²) in [7, 11) is 0. The minimum atomic E-state index is -4.39. The van der Waals surface area contributed by atoms with E-state index in [1.807, 2.05) is 6.08 Å². The van der Waals surface area contributed by atoms with Crippen LogP contribution in [0.5, 0.6) is 0 Å². The maximum atomic E-state index is 12.6. The van der Waals surface area contributed by atoms with Crippen LogP contribution in [0.15, 0.2) is 24.3 Å². The van der Waals surface area contributed by atoms with E-state index in [-0.39, 0.29) is 37.2 Å². The number of hydrogen-bond donors (Lipinski definition) is 1.